The van der Waals surface area contributed by atoms with Crippen LogP contribution in [0.2, 0.25) is 0 Å². The first-order valence-electron chi connectivity index (χ1n) is 20.0. The number of likely N-dealkylation sites (tertiary alicyclic amines) is 1. The Morgan fingerprint density at radius 2 is 1.67 bits per heavy atom. The van der Waals surface area contributed by atoms with Gasteiger partial charge >= 0.3 is 0 Å². The second-order valence-corrected chi connectivity index (χ2v) is 15.7. The molecule has 4 heterocycles. The molecule has 0 aliphatic carbocycles. The quantitative estimate of drug-likeness (QED) is 0.173. The van der Waals surface area contributed by atoms with Crippen LogP contribution in [0, 0.1) is 12.7 Å². The number of piperazine rings is 1. The number of rotatable bonds is 15. The number of amides is 5. The maximum atomic E-state index is 14.6. The second-order valence-electron chi connectivity index (χ2n) is 15.7. The lowest BCUT2D eigenvalue weighted by Crippen LogP contribution is -2.54. The average molecular weight is 798 g/mol. The molecule has 308 valence electrons. The molecule has 4 aliphatic rings. The van der Waals surface area contributed by atoms with E-state index in [1.165, 1.54) is 23.4 Å². The summed E-state index contributed by atoms with van der Waals surface area (Å²) >= 11 is 0. The molecule has 58 heavy (non-hydrogen) atoms. The van der Waals surface area contributed by atoms with E-state index in [1.54, 1.807) is 18.2 Å². The van der Waals surface area contributed by atoms with Crippen molar-refractivity contribution in [2.45, 2.75) is 44.3 Å². The molecule has 4 aliphatic heterocycles. The molecule has 0 radical (unpaired) electrons. The standard InChI is InChI=1S/C43H52FN7O7/c1-28-6-4-8-34(44)32(28)24-49-25-33(36(26-49)47(2)3)29-10-12-30(13-11-29)50-19-17-48(18-20-50)21-23-57-22-16-45-39(53)27-58-37-9-5-7-31-40(37)43(56)51(42(31)55)35-14-15-38(52)46-41(35)54/h4-13,33,35-36H,14-27H2,1-3H3,(H,45,53)(H,46,52,54)/t33-,35?,36+/m1/s1. The van der Waals surface area contributed by atoms with Crippen LogP contribution in [0.15, 0.2) is 60.7 Å². The molecule has 0 bridgehead atoms. The van der Waals surface area contributed by atoms with Gasteiger partial charge in [-0.05, 0) is 68.9 Å². The number of fused-ring (bicyclic) bond motifs is 1. The van der Waals surface area contributed by atoms with Gasteiger partial charge in [0.1, 0.15) is 17.6 Å². The van der Waals surface area contributed by atoms with Crippen molar-refractivity contribution in [1.29, 1.82) is 0 Å². The minimum atomic E-state index is -1.09. The van der Waals surface area contributed by atoms with E-state index in [1.807, 2.05) is 13.0 Å². The van der Waals surface area contributed by atoms with E-state index in [0.717, 1.165) is 61.8 Å². The third-order valence-electron chi connectivity index (χ3n) is 11.7. The summed E-state index contributed by atoms with van der Waals surface area (Å²) in [5.41, 5.74) is 4.37. The summed E-state index contributed by atoms with van der Waals surface area (Å²) in [6.45, 7) is 9.55. The summed E-state index contributed by atoms with van der Waals surface area (Å²) in [5.74, 6) is -2.63. The van der Waals surface area contributed by atoms with E-state index in [9.17, 15) is 28.4 Å². The van der Waals surface area contributed by atoms with E-state index in [0.29, 0.717) is 31.7 Å². The predicted octanol–water partition coefficient (Wildman–Crippen LogP) is 2.40. The van der Waals surface area contributed by atoms with Gasteiger partial charge in [0.15, 0.2) is 6.61 Å². The summed E-state index contributed by atoms with van der Waals surface area (Å²) in [4.78, 5) is 73.0. The Kier molecular flexibility index (Phi) is 12.8. The number of hydrogen-bond acceptors (Lipinski definition) is 11. The van der Waals surface area contributed by atoms with Gasteiger partial charge in [-0.1, -0.05) is 30.3 Å². The van der Waals surface area contributed by atoms with Crippen molar-refractivity contribution in [1.82, 2.24) is 30.2 Å². The third-order valence-corrected chi connectivity index (χ3v) is 11.7. The van der Waals surface area contributed by atoms with Gasteiger partial charge in [-0.25, -0.2) is 4.39 Å². The molecule has 3 saturated heterocycles. The molecule has 3 aromatic rings. The summed E-state index contributed by atoms with van der Waals surface area (Å²) < 4.78 is 26.1. The Labute approximate surface area is 338 Å². The van der Waals surface area contributed by atoms with Crippen LogP contribution in [-0.2, 0) is 25.7 Å². The van der Waals surface area contributed by atoms with Crippen LogP contribution in [0.5, 0.6) is 5.75 Å². The Morgan fingerprint density at radius 1 is 0.914 bits per heavy atom. The molecule has 2 N–H and O–H groups in total. The smallest absolute Gasteiger partial charge is 0.266 e. The molecular weight excluding hydrogens is 746 g/mol. The number of benzene rings is 3. The fourth-order valence-electron chi connectivity index (χ4n) is 8.46. The molecule has 15 heteroatoms. The summed E-state index contributed by atoms with van der Waals surface area (Å²) in [7, 11) is 4.25. The number of likely N-dealkylation sites (N-methyl/N-ethyl adjacent to an activating group) is 1. The first-order chi connectivity index (χ1) is 28.0. The highest BCUT2D eigenvalue weighted by Gasteiger charge is 2.46. The van der Waals surface area contributed by atoms with Gasteiger partial charge in [-0.3, -0.25) is 44.0 Å². The third kappa shape index (κ3) is 9.07. The van der Waals surface area contributed by atoms with Gasteiger partial charge < -0.3 is 24.6 Å². The molecule has 1 unspecified atom stereocenters. The average Bonchev–Trinajstić information content (AvgIpc) is 3.75. The van der Waals surface area contributed by atoms with E-state index >= 15 is 0 Å². The van der Waals surface area contributed by atoms with Crippen molar-refractivity contribution in [2.75, 3.05) is 91.2 Å². The lowest BCUT2D eigenvalue weighted by atomic mass is 9.93. The van der Waals surface area contributed by atoms with Crippen LogP contribution in [0.25, 0.3) is 0 Å². The lowest BCUT2D eigenvalue weighted by Gasteiger charge is -2.36. The Bertz CT molecular complexity index is 2000. The van der Waals surface area contributed by atoms with Crippen molar-refractivity contribution in [3.8, 4) is 5.75 Å². The fraction of sp³-hybridized carbons (Fsp3) is 0.465. The van der Waals surface area contributed by atoms with Gasteiger partial charge in [0, 0.05) is 88.5 Å². The highest BCUT2D eigenvalue weighted by atomic mass is 19.1. The number of nitrogens with one attached hydrogen (secondary N) is 2. The topological polar surface area (TPSA) is 144 Å². The van der Waals surface area contributed by atoms with Crippen LogP contribution < -0.4 is 20.3 Å². The minimum absolute atomic E-state index is 0.00768. The monoisotopic (exact) mass is 797 g/mol. The van der Waals surface area contributed by atoms with Crippen LogP contribution in [-0.4, -0.2) is 147 Å². The van der Waals surface area contributed by atoms with Crippen LogP contribution in [0.4, 0.5) is 10.1 Å². The van der Waals surface area contributed by atoms with E-state index in [2.05, 4.69) is 68.6 Å². The van der Waals surface area contributed by atoms with Crippen molar-refractivity contribution < 1.29 is 37.8 Å². The van der Waals surface area contributed by atoms with Gasteiger partial charge in [0.2, 0.25) is 11.8 Å². The summed E-state index contributed by atoms with van der Waals surface area (Å²) in [5, 5.41) is 4.92. The van der Waals surface area contributed by atoms with Crippen molar-refractivity contribution >= 4 is 35.2 Å². The number of aryl methyl sites for hydroxylation is 1. The maximum absolute atomic E-state index is 14.6. The van der Waals surface area contributed by atoms with Crippen LogP contribution in [0.3, 0.4) is 0 Å². The highest BCUT2D eigenvalue weighted by Crippen LogP contribution is 2.35. The number of hydrogen-bond donors (Lipinski definition) is 2. The first-order valence-corrected chi connectivity index (χ1v) is 20.0. The Hall–Kier alpha value is -5.22. The van der Waals surface area contributed by atoms with Gasteiger partial charge in [-0.2, -0.15) is 0 Å². The van der Waals surface area contributed by atoms with Crippen LogP contribution >= 0.6 is 0 Å². The fourth-order valence-corrected chi connectivity index (χ4v) is 8.46. The molecule has 3 atom stereocenters. The zero-order chi connectivity index (χ0) is 40.9. The number of anilines is 1. The van der Waals surface area contributed by atoms with E-state index < -0.39 is 35.6 Å². The number of nitrogens with zero attached hydrogens (tertiary/aromatic N) is 5. The first kappa shape index (κ1) is 41.0. The molecular formula is C43H52FN7O7. The molecule has 5 amide bonds. The van der Waals surface area contributed by atoms with Crippen LogP contribution in [0.1, 0.15) is 56.2 Å². The number of halogens is 1. The zero-order valence-electron chi connectivity index (χ0n) is 33.4. The second kappa shape index (κ2) is 18.1. The maximum Gasteiger partial charge on any atom is 0.266 e. The van der Waals surface area contributed by atoms with E-state index in [-0.39, 0.29) is 48.7 Å². The van der Waals surface area contributed by atoms with Gasteiger partial charge in [0.05, 0.1) is 24.3 Å². The number of ether oxygens (including phenoxy) is 2. The van der Waals surface area contributed by atoms with Crippen molar-refractivity contribution in [3.05, 3.63) is 94.3 Å². The summed E-state index contributed by atoms with van der Waals surface area (Å²) in [6, 6.07) is 18.0. The highest BCUT2D eigenvalue weighted by molar-refractivity contribution is 6.24. The molecule has 3 fully saturated rings. The molecule has 0 spiro atoms. The largest absolute Gasteiger partial charge is 0.483 e. The number of carbonyl (C=O) groups excluding carboxylic acids is 5. The summed E-state index contributed by atoms with van der Waals surface area (Å²) in [6.07, 6.45) is 0.0652. The van der Waals surface area contributed by atoms with Gasteiger partial charge in [0.25, 0.3) is 17.7 Å². The van der Waals surface area contributed by atoms with E-state index in [4.69, 9.17) is 9.47 Å². The number of imide groups is 2. The SMILES string of the molecule is Cc1cccc(F)c1CN1C[C@H](c2ccc(N3CCN(CCOCCNC(=O)COc4cccc5c4C(=O)N(C4CCC(=O)NC4=O)C5=O)CC3)cc2)[C@@H](N(C)C)C1. The zero-order valence-corrected chi connectivity index (χ0v) is 33.4. The Morgan fingerprint density at radius 3 is 2.40 bits per heavy atom. The normalized spacial score (nSPS) is 21.5. The lowest BCUT2D eigenvalue weighted by molar-refractivity contribution is -0.136. The minimum Gasteiger partial charge on any atom is -0.483 e. The molecule has 0 aromatic heterocycles. The number of carbonyl (C=O) groups is 5. The molecule has 0 saturated carbocycles. The van der Waals surface area contributed by atoms with Gasteiger partial charge in [-0.15, -0.1) is 0 Å². The predicted molar refractivity (Wildman–Crippen MR) is 214 cm³/mol. The molecule has 3 aromatic carbocycles. The molecule has 14 nitrogen and oxygen atoms in total. The van der Waals surface area contributed by atoms with Crippen molar-refractivity contribution in [2.24, 2.45) is 0 Å². The number of piperidine rings is 1. The van der Waals surface area contributed by atoms with Crippen molar-refractivity contribution in [3.63, 3.8) is 0 Å². The molecule has 7 rings (SSSR count). The Balaban J connectivity index is 0.792.